The molecule has 5 heteroatoms. The minimum Gasteiger partial charge on any atom is -0.507 e. The van der Waals surface area contributed by atoms with Crippen LogP contribution in [0.4, 0.5) is 0 Å². The van der Waals surface area contributed by atoms with Gasteiger partial charge in [-0.3, -0.25) is 4.79 Å². The van der Waals surface area contributed by atoms with E-state index in [0.717, 1.165) is 23.4 Å². The van der Waals surface area contributed by atoms with E-state index in [9.17, 15) is 9.90 Å². The molecule has 1 aliphatic rings. The summed E-state index contributed by atoms with van der Waals surface area (Å²) in [6.45, 7) is 0. The number of rotatable bonds is 3. The predicted molar refractivity (Wildman–Crippen MR) is 90.0 cm³/mol. The van der Waals surface area contributed by atoms with Gasteiger partial charge in [-0.25, -0.2) is 4.99 Å². The molecule has 0 fully saturated rings. The zero-order chi connectivity index (χ0) is 16.4. The van der Waals surface area contributed by atoms with Gasteiger partial charge < -0.3 is 9.84 Å². The molecule has 2 aromatic rings. The van der Waals surface area contributed by atoms with E-state index in [1.165, 1.54) is 24.8 Å². The molecule has 0 aliphatic heterocycles. The van der Waals surface area contributed by atoms with Gasteiger partial charge in [-0.1, -0.05) is 17.7 Å². The van der Waals surface area contributed by atoms with E-state index >= 15 is 0 Å². The van der Waals surface area contributed by atoms with Crippen molar-refractivity contribution in [2.45, 2.75) is 18.8 Å². The number of hydrogen-bond donors (Lipinski definition) is 1. The quantitative estimate of drug-likeness (QED) is 0.866. The highest BCUT2D eigenvalue weighted by Gasteiger charge is 2.21. The summed E-state index contributed by atoms with van der Waals surface area (Å²) < 4.78 is 5.00. The lowest BCUT2D eigenvalue weighted by molar-refractivity contribution is 0.100. The summed E-state index contributed by atoms with van der Waals surface area (Å²) >= 11 is 5.99. The Balaban J connectivity index is 1.78. The van der Waals surface area contributed by atoms with Crippen molar-refractivity contribution < 1.29 is 14.6 Å². The fraction of sp³-hybridized carbons (Fsp3) is 0.222. The summed E-state index contributed by atoms with van der Waals surface area (Å²) in [4.78, 5) is 16.2. The molecule has 3 rings (SSSR count). The number of fused-ring (bicyclic) bond motifs is 1. The summed E-state index contributed by atoms with van der Waals surface area (Å²) in [6.07, 6.45) is 3.49. The maximum absolute atomic E-state index is 12.2. The molecular weight excluding hydrogens is 314 g/mol. The van der Waals surface area contributed by atoms with Gasteiger partial charge in [-0.2, -0.15) is 0 Å². The van der Waals surface area contributed by atoms with Gasteiger partial charge >= 0.3 is 0 Å². The number of aryl methyl sites for hydroxylation is 1. The topological polar surface area (TPSA) is 58.9 Å². The second-order valence-corrected chi connectivity index (χ2v) is 5.89. The molecule has 23 heavy (non-hydrogen) atoms. The Hall–Kier alpha value is -2.33. The second kappa shape index (κ2) is 6.42. The number of aliphatic imine (C=N–C) groups is 1. The summed E-state index contributed by atoms with van der Waals surface area (Å²) in [6, 6.07) is 10.3. The van der Waals surface area contributed by atoms with Crippen LogP contribution >= 0.6 is 11.6 Å². The summed E-state index contributed by atoms with van der Waals surface area (Å²) in [7, 11) is 1.50. The zero-order valence-corrected chi connectivity index (χ0v) is 13.4. The fourth-order valence-corrected chi connectivity index (χ4v) is 3.02. The first-order valence-corrected chi connectivity index (χ1v) is 7.70. The lowest BCUT2D eigenvalue weighted by Gasteiger charge is -2.06. The van der Waals surface area contributed by atoms with E-state index in [0.29, 0.717) is 5.75 Å². The molecule has 0 bridgehead atoms. The van der Waals surface area contributed by atoms with Crippen LogP contribution in [0.1, 0.15) is 33.8 Å². The minimum absolute atomic E-state index is 0.103. The van der Waals surface area contributed by atoms with Crippen LogP contribution < -0.4 is 4.74 Å². The first-order chi connectivity index (χ1) is 11.1. The molecule has 0 aromatic heterocycles. The maximum atomic E-state index is 12.2. The fourth-order valence-electron chi connectivity index (χ4n) is 2.82. The van der Waals surface area contributed by atoms with Crippen molar-refractivity contribution in [3.63, 3.8) is 0 Å². The summed E-state index contributed by atoms with van der Waals surface area (Å²) in [5.41, 5.74) is 2.52. The predicted octanol–water partition coefficient (Wildman–Crippen LogP) is 4.00. The van der Waals surface area contributed by atoms with Gasteiger partial charge in [-0.15, -0.1) is 0 Å². The third-order valence-corrected chi connectivity index (χ3v) is 4.27. The molecule has 2 aromatic carbocycles. The molecule has 0 saturated carbocycles. The summed E-state index contributed by atoms with van der Waals surface area (Å²) in [5, 5.41) is 10.6. The number of benzene rings is 2. The standard InChI is InChI=1S/C18H16ClNO3/c1-23-14-5-7-16(17(21)9-14)18(22)20-10-12-3-2-11-8-13(19)4-6-15(11)12/h4-10,12,21H,2-3H2,1H3. The van der Waals surface area contributed by atoms with Gasteiger partial charge in [-0.05, 0) is 48.2 Å². The molecule has 1 unspecified atom stereocenters. The number of phenolic OH excluding ortho intramolecular Hbond substituents is 1. The number of hydrogen-bond acceptors (Lipinski definition) is 3. The number of amides is 1. The van der Waals surface area contributed by atoms with Crippen LogP contribution in [0.5, 0.6) is 11.5 Å². The van der Waals surface area contributed by atoms with Gasteiger partial charge in [0.1, 0.15) is 11.5 Å². The van der Waals surface area contributed by atoms with E-state index in [-0.39, 0.29) is 17.2 Å². The third-order valence-electron chi connectivity index (χ3n) is 4.04. The first kappa shape index (κ1) is 15.6. The van der Waals surface area contributed by atoms with Gasteiger partial charge in [0.15, 0.2) is 0 Å². The number of aromatic hydroxyl groups is 1. The minimum atomic E-state index is -0.465. The Labute approximate surface area is 139 Å². The lowest BCUT2D eigenvalue weighted by atomic mass is 10.0. The van der Waals surface area contributed by atoms with Crippen molar-refractivity contribution in [2.24, 2.45) is 4.99 Å². The van der Waals surface area contributed by atoms with Crippen molar-refractivity contribution in [1.29, 1.82) is 0 Å². The smallest absolute Gasteiger partial charge is 0.280 e. The molecule has 0 spiro atoms. The Morgan fingerprint density at radius 2 is 2.17 bits per heavy atom. The zero-order valence-electron chi connectivity index (χ0n) is 12.6. The van der Waals surface area contributed by atoms with Crippen molar-refractivity contribution in [3.8, 4) is 11.5 Å². The van der Waals surface area contributed by atoms with Crippen LogP contribution in [0.15, 0.2) is 41.4 Å². The number of carbonyl (C=O) groups excluding carboxylic acids is 1. The average molecular weight is 330 g/mol. The molecule has 118 valence electrons. The van der Waals surface area contributed by atoms with Crippen LogP contribution in [0.2, 0.25) is 5.02 Å². The van der Waals surface area contributed by atoms with Crippen molar-refractivity contribution in [3.05, 3.63) is 58.1 Å². The van der Waals surface area contributed by atoms with Crippen LogP contribution in [0.25, 0.3) is 0 Å². The summed E-state index contributed by atoms with van der Waals surface area (Å²) in [5.74, 6) is -0.00564. The number of methoxy groups -OCH3 is 1. The number of halogens is 1. The van der Waals surface area contributed by atoms with E-state index in [1.54, 1.807) is 12.3 Å². The van der Waals surface area contributed by atoms with Gasteiger partial charge in [0, 0.05) is 23.2 Å². The SMILES string of the molecule is COc1ccc(C(=O)N=CC2CCc3cc(Cl)ccc32)c(O)c1. The van der Waals surface area contributed by atoms with Gasteiger partial charge in [0.25, 0.3) is 5.91 Å². The highest BCUT2D eigenvalue weighted by Crippen LogP contribution is 2.33. The van der Waals surface area contributed by atoms with Crippen LogP contribution in [-0.4, -0.2) is 24.3 Å². The molecule has 1 N–H and O–H groups in total. The molecule has 1 aliphatic carbocycles. The Kier molecular flexibility index (Phi) is 4.35. The van der Waals surface area contributed by atoms with Crippen molar-refractivity contribution in [2.75, 3.05) is 7.11 Å². The second-order valence-electron chi connectivity index (χ2n) is 5.45. The maximum Gasteiger partial charge on any atom is 0.280 e. The number of carbonyl (C=O) groups is 1. The first-order valence-electron chi connectivity index (χ1n) is 7.32. The highest BCUT2D eigenvalue weighted by atomic mass is 35.5. The highest BCUT2D eigenvalue weighted by molar-refractivity contribution is 6.30. The number of ether oxygens (including phenoxy) is 1. The van der Waals surface area contributed by atoms with Crippen molar-refractivity contribution in [1.82, 2.24) is 0 Å². The molecule has 0 radical (unpaired) electrons. The molecule has 0 saturated heterocycles. The molecule has 4 nitrogen and oxygen atoms in total. The lowest BCUT2D eigenvalue weighted by Crippen LogP contribution is -2.01. The third kappa shape index (κ3) is 3.22. The van der Waals surface area contributed by atoms with E-state index < -0.39 is 5.91 Å². The average Bonchev–Trinajstić information content (AvgIpc) is 2.94. The van der Waals surface area contributed by atoms with E-state index in [2.05, 4.69) is 4.99 Å². The number of phenols is 1. The molecule has 1 atom stereocenters. The largest absolute Gasteiger partial charge is 0.507 e. The Morgan fingerprint density at radius 1 is 1.35 bits per heavy atom. The van der Waals surface area contributed by atoms with Crippen LogP contribution in [-0.2, 0) is 6.42 Å². The Bertz CT molecular complexity index is 786. The van der Waals surface area contributed by atoms with Gasteiger partial charge in [0.2, 0.25) is 0 Å². The van der Waals surface area contributed by atoms with E-state index in [4.69, 9.17) is 16.3 Å². The van der Waals surface area contributed by atoms with Crippen LogP contribution in [0, 0.1) is 0 Å². The van der Waals surface area contributed by atoms with Gasteiger partial charge in [0.05, 0.1) is 12.7 Å². The molecule has 1 amide bonds. The number of nitrogens with zero attached hydrogens (tertiary/aromatic N) is 1. The van der Waals surface area contributed by atoms with Crippen molar-refractivity contribution >= 4 is 23.7 Å². The molecule has 0 heterocycles. The molecular formula is C18H16ClNO3. The Morgan fingerprint density at radius 3 is 2.91 bits per heavy atom. The van der Waals surface area contributed by atoms with Crippen LogP contribution in [0.3, 0.4) is 0 Å². The van der Waals surface area contributed by atoms with E-state index in [1.807, 2.05) is 18.2 Å². The normalized spacial score (nSPS) is 16.5. The monoisotopic (exact) mass is 329 g/mol.